The van der Waals surface area contributed by atoms with Gasteiger partial charge in [0.25, 0.3) is 0 Å². The predicted octanol–water partition coefficient (Wildman–Crippen LogP) is 1.92. The fraction of sp³-hybridized carbons (Fsp3) is 0.400. The topological polar surface area (TPSA) is 35.5 Å². The molecule has 0 bridgehead atoms. The third-order valence-electron chi connectivity index (χ3n) is 1.75. The summed E-state index contributed by atoms with van der Waals surface area (Å²) < 4.78 is 37.5. The van der Waals surface area contributed by atoms with Gasteiger partial charge < -0.3 is 0 Å². The molecule has 0 radical (unpaired) electrons. The van der Waals surface area contributed by atoms with Gasteiger partial charge in [-0.3, -0.25) is 0 Å². The Morgan fingerprint density at radius 3 is 3.00 bits per heavy atom. The van der Waals surface area contributed by atoms with Crippen LogP contribution in [0.5, 0.6) is 11.5 Å². The van der Waals surface area contributed by atoms with Gasteiger partial charge in [0.15, 0.2) is 0 Å². The van der Waals surface area contributed by atoms with E-state index in [4.69, 9.17) is 23.8 Å². The van der Waals surface area contributed by atoms with E-state index in [9.17, 15) is 3.83 Å². The first-order valence-corrected chi connectivity index (χ1v) is 7.13. The van der Waals surface area contributed by atoms with Gasteiger partial charge in [-0.2, -0.15) is 0 Å². The van der Waals surface area contributed by atoms with Crippen molar-refractivity contribution in [3.8, 4) is 11.5 Å². The molecule has 0 saturated heterocycles. The zero-order valence-corrected chi connectivity index (χ0v) is 10.9. The van der Waals surface area contributed by atoms with Crippen molar-refractivity contribution < 1.29 is 16.0 Å². The number of hydrogen-bond acceptors (Lipinski definition) is 3. The van der Waals surface area contributed by atoms with Crippen LogP contribution in [0.2, 0.25) is 5.27 Å². The van der Waals surface area contributed by atoms with Crippen LogP contribution < -0.4 is 13.9 Å². The van der Waals surface area contributed by atoms with Gasteiger partial charge >= 0.3 is 101 Å². The summed E-state index contributed by atoms with van der Waals surface area (Å²) >= 11 is 2.62. The quantitative estimate of drug-likeness (QED) is 0.473. The molecule has 2 unspecified atom stereocenters. The monoisotopic (exact) mass is 298 g/mol. The summed E-state index contributed by atoms with van der Waals surface area (Å²) in [6, 6.07) is 4.64. The summed E-state index contributed by atoms with van der Waals surface area (Å²) in [5, 5.41) is -1.75. The third-order valence-corrected chi connectivity index (χ3v) is 4.18. The van der Waals surface area contributed by atoms with Gasteiger partial charge in [-0.05, 0) is 0 Å². The summed E-state index contributed by atoms with van der Waals surface area (Å²) in [6.45, 7) is 1.29. The van der Waals surface area contributed by atoms with Gasteiger partial charge in [0, 0.05) is 0 Å². The summed E-state index contributed by atoms with van der Waals surface area (Å²) in [5.41, 5.74) is 0. The van der Waals surface area contributed by atoms with E-state index in [0.717, 1.165) is 0 Å². The molecule has 2 atom stereocenters. The molecule has 84 valence electrons. The van der Waals surface area contributed by atoms with Gasteiger partial charge in [0.1, 0.15) is 0 Å². The van der Waals surface area contributed by atoms with Crippen LogP contribution in [-0.4, -0.2) is 27.0 Å². The van der Waals surface area contributed by atoms with Crippen LogP contribution in [0.25, 0.3) is 0 Å². The van der Waals surface area contributed by atoms with Crippen LogP contribution in [0.15, 0.2) is 18.2 Å². The molecule has 0 N–H and O–H groups in total. The molecule has 5 heteroatoms. The van der Waals surface area contributed by atoms with Crippen molar-refractivity contribution in [2.75, 3.05) is 13.2 Å². The molecule has 0 amide bonds. The minimum atomic E-state index is -2.86. The summed E-state index contributed by atoms with van der Waals surface area (Å²) in [6.07, 6.45) is 0. The molecule has 0 aliphatic carbocycles. The van der Waals surface area contributed by atoms with Gasteiger partial charge in [0.05, 0.1) is 0 Å². The van der Waals surface area contributed by atoms with Crippen molar-refractivity contribution in [1.82, 2.24) is 0 Å². The standard InChI is InChI=1S/C10H13ClO3Se/c1-3-15(12)10-5-4-8(13-2)6-9(10)14-7-11/h4-6H,3,7H2,1-2H3/i3+1DH. The van der Waals surface area contributed by atoms with Crippen molar-refractivity contribution in [1.29, 1.82) is 0 Å². The summed E-state index contributed by atoms with van der Waals surface area (Å²) in [4.78, 5) is 0. The van der Waals surface area contributed by atoms with E-state index in [2.05, 4.69) is 0 Å². The fourth-order valence-corrected chi connectivity index (χ4v) is 2.66. The number of ether oxygens (including phenoxy) is 2. The van der Waals surface area contributed by atoms with Gasteiger partial charge in [0.2, 0.25) is 0 Å². The summed E-state index contributed by atoms with van der Waals surface area (Å²) in [7, 11) is 1.50. The molecule has 0 fully saturated rings. The SMILES string of the molecule is [1H][13C]([2H])(C)[Se](=O)c1ccc(OC)cc1OCCl. The molecule has 0 heterocycles. The van der Waals surface area contributed by atoms with E-state index in [1.165, 1.54) is 14.0 Å². The second-order valence-electron chi connectivity index (χ2n) is 2.54. The Labute approximate surface area is 101 Å². The van der Waals surface area contributed by atoms with Crippen LogP contribution in [0.4, 0.5) is 0 Å². The fourth-order valence-electron chi connectivity index (χ4n) is 1.05. The van der Waals surface area contributed by atoms with Gasteiger partial charge in [-0.15, -0.1) is 0 Å². The average Bonchev–Trinajstić information content (AvgIpc) is 2.27. The molecule has 3 nitrogen and oxygen atoms in total. The Morgan fingerprint density at radius 2 is 2.47 bits per heavy atom. The Bertz CT molecular complexity index is 421. The Hall–Kier alpha value is -0.571. The number of alkyl halides is 1. The molecule has 0 saturated carbocycles. The average molecular weight is 298 g/mol. The predicted molar refractivity (Wildman–Crippen MR) is 60.9 cm³/mol. The zero-order chi connectivity index (χ0) is 13.1. The van der Waals surface area contributed by atoms with E-state index < -0.39 is 19.1 Å². The maximum atomic E-state index is 12.0. The molecule has 0 aliphatic heterocycles. The first-order valence-electron chi connectivity index (χ1n) is 5.19. The van der Waals surface area contributed by atoms with E-state index in [0.29, 0.717) is 16.0 Å². The molecule has 1 aromatic rings. The molecular weight excluding hydrogens is 284 g/mol. The molecule has 0 aromatic heterocycles. The van der Waals surface area contributed by atoms with Crippen LogP contribution in [-0.2, 0) is 3.83 Å². The first kappa shape index (κ1) is 9.64. The Balaban J connectivity index is 3.18. The normalized spacial score (nSPS) is 18.3. The molecular formula is C10H13ClO3Se. The molecule has 15 heavy (non-hydrogen) atoms. The Kier molecular flexibility index (Phi) is 3.93. The van der Waals surface area contributed by atoms with E-state index in [1.54, 1.807) is 18.2 Å². The van der Waals surface area contributed by atoms with Gasteiger partial charge in [-0.25, -0.2) is 0 Å². The second kappa shape index (κ2) is 6.11. The van der Waals surface area contributed by atoms with Crippen LogP contribution in [0.3, 0.4) is 0 Å². The van der Waals surface area contributed by atoms with Gasteiger partial charge in [-0.1, -0.05) is 0 Å². The van der Waals surface area contributed by atoms with E-state index in [-0.39, 0.29) is 6.07 Å². The van der Waals surface area contributed by atoms with Crippen molar-refractivity contribution in [3.63, 3.8) is 0 Å². The molecule has 0 spiro atoms. The number of methoxy groups -OCH3 is 1. The third kappa shape index (κ3) is 3.20. The van der Waals surface area contributed by atoms with E-state index in [1.807, 2.05) is 0 Å². The first-order chi connectivity index (χ1) is 7.90. The van der Waals surface area contributed by atoms with Crippen LogP contribution >= 0.6 is 11.6 Å². The zero-order valence-electron chi connectivity index (χ0n) is 10.5. The van der Waals surface area contributed by atoms with Crippen LogP contribution in [0.1, 0.15) is 9.67 Å². The van der Waals surface area contributed by atoms with Crippen molar-refractivity contribution >= 4 is 29.9 Å². The molecule has 1 rings (SSSR count). The minimum absolute atomic E-state index is 0.0915. The molecule has 0 aliphatic rings. The summed E-state index contributed by atoms with van der Waals surface area (Å²) in [5.74, 6) is 0.856. The second-order valence-corrected chi connectivity index (χ2v) is 5.66. The number of benzene rings is 1. The van der Waals surface area contributed by atoms with Crippen molar-refractivity contribution in [2.45, 2.75) is 12.2 Å². The number of hydrogen-bond donors (Lipinski definition) is 0. The van der Waals surface area contributed by atoms with E-state index >= 15 is 0 Å². The number of halogens is 1. The van der Waals surface area contributed by atoms with Crippen LogP contribution in [0, 0.1) is 0 Å². The molecule has 1 aromatic carbocycles. The van der Waals surface area contributed by atoms with Crippen molar-refractivity contribution in [2.24, 2.45) is 0 Å². The Morgan fingerprint density at radius 1 is 1.73 bits per heavy atom. The maximum absolute atomic E-state index is 12.0. The van der Waals surface area contributed by atoms with Crippen molar-refractivity contribution in [3.05, 3.63) is 18.2 Å². The number of rotatable bonds is 5.